The lowest BCUT2D eigenvalue weighted by molar-refractivity contribution is -0.168. The summed E-state index contributed by atoms with van der Waals surface area (Å²) in [7, 11) is 0. The number of aliphatic hydroxyl groups excluding tert-OH is 1. The van der Waals surface area contributed by atoms with Crippen LogP contribution in [0.15, 0.2) is 0 Å². The minimum atomic E-state index is -1.05. The van der Waals surface area contributed by atoms with Gasteiger partial charge in [0.25, 0.3) is 0 Å². The number of esters is 2. The lowest BCUT2D eigenvalue weighted by Gasteiger charge is -2.19. The fourth-order valence-corrected chi connectivity index (χ4v) is 1.86. The number of ether oxygens (including phenoxy) is 2. The third-order valence-corrected chi connectivity index (χ3v) is 3.09. The molecule has 2 N–H and O–H groups in total. The normalized spacial score (nSPS) is 13.1. The van der Waals surface area contributed by atoms with Gasteiger partial charge in [0.15, 0.2) is 6.10 Å². The maximum atomic E-state index is 11.9. The van der Waals surface area contributed by atoms with Crippen molar-refractivity contribution in [3.8, 4) is 0 Å². The fourth-order valence-electron chi connectivity index (χ4n) is 1.39. The third-order valence-electron chi connectivity index (χ3n) is 2.44. The maximum Gasteiger partial charge on any atom is 0.347 e. The Hall–Kier alpha value is -1.28. The predicted molar refractivity (Wildman–Crippen MR) is 78.8 cm³/mol. The number of carbonyl (C=O) groups excluding carboxylic acids is 3. The van der Waals surface area contributed by atoms with Gasteiger partial charge in [-0.3, -0.25) is 4.79 Å². The van der Waals surface area contributed by atoms with Crippen LogP contribution in [0.4, 0.5) is 0 Å². The molecule has 0 radical (unpaired) electrons. The average Bonchev–Trinajstić information content (AvgIpc) is 2.42. The molecule has 7 nitrogen and oxygen atoms in total. The van der Waals surface area contributed by atoms with Crippen LogP contribution < -0.4 is 5.32 Å². The molecule has 0 aliphatic carbocycles. The molecular formula is C13H23NO6S. The van der Waals surface area contributed by atoms with E-state index in [0.717, 1.165) is 0 Å². The molecule has 0 aromatic carbocycles. The minimum absolute atomic E-state index is 0.0683. The first kappa shape index (κ1) is 19.7. The van der Waals surface area contributed by atoms with E-state index in [-0.39, 0.29) is 19.1 Å². The number of carbonyl (C=O) groups is 3. The van der Waals surface area contributed by atoms with Gasteiger partial charge in [-0.15, -0.1) is 0 Å². The van der Waals surface area contributed by atoms with Crippen LogP contribution in [0.3, 0.4) is 0 Å². The van der Waals surface area contributed by atoms with E-state index in [1.165, 1.54) is 25.6 Å². The van der Waals surface area contributed by atoms with Crippen LogP contribution in [0, 0.1) is 0 Å². The van der Waals surface area contributed by atoms with Gasteiger partial charge < -0.3 is 19.9 Å². The standard InChI is InChI=1S/C13H23NO6S/c1-9(12(17)19-7-4-6-15)20-13(18)11(5-8-21-3)14-10(2)16/h9,11,15H,4-8H2,1-3H3,(H,14,16). The number of hydrogen-bond acceptors (Lipinski definition) is 7. The van der Waals surface area contributed by atoms with E-state index in [0.29, 0.717) is 18.6 Å². The van der Waals surface area contributed by atoms with Crippen molar-refractivity contribution in [1.29, 1.82) is 0 Å². The lowest BCUT2D eigenvalue weighted by atomic mass is 10.2. The molecule has 122 valence electrons. The number of rotatable bonds is 10. The minimum Gasteiger partial charge on any atom is -0.463 e. The van der Waals surface area contributed by atoms with E-state index in [1.807, 2.05) is 6.26 Å². The second kappa shape index (κ2) is 11.4. The summed E-state index contributed by atoms with van der Waals surface area (Å²) >= 11 is 1.54. The molecule has 0 saturated carbocycles. The molecule has 0 saturated heterocycles. The number of hydrogen-bond donors (Lipinski definition) is 2. The number of thioether (sulfide) groups is 1. The van der Waals surface area contributed by atoms with Crippen molar-refractivity contribution in [3.63, 3.8) is 0 Å². The molecule has 0 aromatic rings. The zero-order chi connectivity index (χ0) is 16.3. The first-order valence-electron chi connectivity index (χ1n) is 6.66. The van der Waals surface area contributed by atoms with E-state index in [9.17, 15) is 14.4 Å². The monoisotopic (exact) mass is 321 g/mol. The molecule has 0 fully saturated rings. The second-order valence-electron chi connectivity index (χ2n) is 4.36. The van der Waals surface area contributed by atoms with Crippen LogP contribution in [0.1, 0.15) is 26.7 Å². The van der Waals surface area contributed by atoms with Crippen molar-refractivity contribution >= 4 is 29.6 Å². The Morgan fingerprint density at radius 3 is 2.48 bits per heavy atom. The smallest absolute Gasteiger partial charge is 0.347 e. The van der Waals surface area contributed by atoms with Crippen molar-refractivity contribution in [1.82, 2.24) is 5.32 Å². The van der Waals surface area contributed by atoms with Crippen LogP contribution in [-0.2, 0) is 23.9 Å². The Morgan fingerprint density at radius 2 is 1.95 bits per heavy atom. The van der Waals surface area contributed by atoms with E-state index in [1.54, 1.807) is 0 Å². The highest BCUT2D eigenvalue weighted by Gasteiger charge is 2.26. The molecule has 0 rings (SSSR count). The summed E-state index contributed by atoms with van der Waals surface area (Å²) < 4.78 is 9.82. The van der Waals surface area contributed by atoms with Crippen molar-refractivity contribution in [2.24, 2.45) is 0 Å². The molecule has 2 atom stereocenters. The summed E-state index contributed by atoms with van der Waals surface area (Å²) in [4.78, 5) is 34.5. The first-order valence-corrected chi connectivity index (χ1v) is 8.05. The van der Waals surface area contributed by atoms with E-state index >= 15 is 0 Å². The van der Waals surface area contributed by atoms with Gasteiger partial charge >= 0.3 is 11.9 Å². The molecule has 1 amide bonds. The predicted octanol–water partition coefficient (Wildman–Crippen LogP) is 0.102. The Bertz CT molecular complexity index is 350. The Balaban J connectivity index is 4.37. The topological polar surface area (TPSA) is 102 Å². The van der Waals surface area contributed by atoms with Crippen molar-refractivity contribution in [2.45, 2.75) is 38.8 Å². The average molecular weight is 321 g/mol. The summed E-state index contributed by atoms with van der Waals surface area (Å²) in [5.41, 5.74) is 0. The summed E-state index contributed by atoms with van der Waals surface area (Å²) in [6, 6.07) is -0.775. The van der Waals surface area contributed by atoms with Gasteiger partial charge in [-0.25, -0.2) is 9.59 Å². The Labute approximate surface area is 128 Å². The summed E-state index contributed by atoms with van der Waals surface area (Å²) in [5, 5.41) is 11.1. The van der Waals surface area contributed by atoms with E-state index in [2.05, 4.69) is 5.32 Å². The fraction of sp³-hybridized carbons (Fsp3) is 0.769. The molecule has 8 heteroatoms. The Morgan fingerprint density at radius 1 is 1.29 bits per heavy atom. The summed E-state index contributed by atoms with van der Waals surface area (Å²) in [6.07, 6.45) is 1.58. The van der Waals surface area contributed by atoms with Gasteiger partial charge in [-0.1, -0.05) is 0 Å². The summed E-state index contributed by atoms with van der Waals surface area (Å²) in [5.74, 6) is -1.000. The highest BCUT2D eigenvalue weighted by atomic mass is 32.2. The van der Waals surface area contributed by atoms with Crippen LogP contribution in [0.5, 0.6) is 0 Å². The lowest BCUT2D eigenvalue weighted by Crippen LogP contribution is -2.43. The van der Waals surface area contributed by atoms with Crippen LogP contribution in [0.25, 0.3) is 0 Å². The highest BCUT2D eigenvalue weighted by molar-refractivity contribution is 7.98. The molecule has 21 heavy (non-hydrogen) atoms. The van der Waals surface area contributed by atoms with Gasteiger partial charge in [0, 0.05) is 20.0 Å². The van der Waals surface area contributed by atoms with Gasteiger partial charge in [0.05, 0.1) is 6.61 Å². The van der Waals surface area contributed by atoms with Crippen LogP contribution >= 0.6 is 11.8 Å². The molecular weight excluding hydrogens is 298 g/mol. The molecule has 0 aliphatic rings. The van der Waals surface area contributed by atoms with Crippen molar-refractivity contribution in [3.05, 3.63) is 0 Å². The maximum absolute atomic E-state index is 11.9. The van der Waals surface area contributed by atoms with Crippen LogP contribution in [-0.4, -0.2) is 60.3 Å². The molecule has 0 aromatic heterocycles. The molecule has 0 aliphatic heterocycles. The van der Waals surface area contributed by atoms with Crippen molar-refractivity contribution in [2.75, 3.05) is 25.2 Å². The van der Waals surface area contributed by atoms with Gasteiger partial charge in [-0.2, -0.15) is 11.8 Å². The molecule has 0 spiro atoms. The number of amides is 1. The highest BCUT2D eigenvalue weighted by Crippen LogP contribution is 2.05. The first-order chi connectivity index (χ1) is 9.92. The van der Waals surface area contributed by atoms with Gasteiger partial charge in [-0.05, 0) is 25.4 Å². The van der Waals surface area contributed by atoms with Crippen LogP contribution in [0.2, 0.25) is 0 Å². The Kier molecular flexibility index (Phi) is 10.7. The van der Waals surface area contributed by atoms with Crippen molar-refractivity contribution < 1.29 is 29.0 Å². The van der Waals surface area contributed by atoms with E-state index in [4.69, 9.17) is 14.6 Å². The third kappa shape index (κ3) is 9.30. The zero-order valence-corrected chi connectivity index (χ0v) is 13.4. The zero-order valence-electron chi connectivity index (χ0n) is 12.6. The molecule has 0 bridgehead atoms. The van der Waals surface area contributed by atoms with Gasteiger partial charge in [0.2, 0.25) is 5.91 Å². The molecule has 2 unspecified atom stereocenters. The number of aliphatic hydroxyl groups is 1. The SMILES string of the molecule is CSCCC(NC(C)=O)C(=O)OC(C)C(=O)OCCCO. The second-order valence-corrected chi connectivity index (χ2v) is 5.34. The summed E-state index contributed by atoms with van der Waals surface area (Å²) in [6.45, 7) is 2.70. The molecule has 0 heterocycles. The van der Waals surface area contributed by atoms with E-state index < -0.39 is 24.1 Å². The number of nitrogens with one attached hydrogen (secondary N) is 1. The largest absolute Gasteiger partial charge is 0.463 e. The van der Waals surface area contributed by atoms with Gasteiger partial charge in [0.1, 0.15) is 6.04 Å². The quantitative estimate of drug-likeness (QED) is 0.434.